The van der Waals surface area contributed by atoms with E-state index in [1.165, 1.54) is 12.8 Å². The molecule has 0 spiro atoms. The summed E-state index contributed by atoms with van der Waals surface area (Å²) in [6, 6.07) is -0.374. The van der Waals surface area contributed by atoms with Gasteiger partial charge in [0.25, 0.3) is 0 Å². The molecule has 0 aliphatic carbocycles. The fraction of sp³-hybridized carbons (Fsp3) is 0.929. The molecule has 1 aliphatic rings. The summed E-state index contributed by atoms with van der Waals surface area (Å²) in [7, 11) is 0. The van der Waals surface area contributed by atoms with Crippen LogP contribution < -0.4 is 5.73 Å². The average Bonchev–Trinajstić information content (AvgIpc) is 2.50. The molecule has 1 unspecified atom stereocenters. The molecule has 2 N–H and O–H groups in total. The van der Waals surface area contributed by atoms with Crippen LogP contribution in [0.3, 0.4) is 0 Å². The molecule has 1 saturated heterocycles. The summed E-state index contributed by atoms with van der Waals surface area (Å²) < 4.78 is 0. The predicted octanol–water partition coefficient (Wildman–Crippen LogP) is 2.40. The minimum Gasteiger partial charge on any atom is -0.341 e. The van der Waals surface area contributed by atoms with E-state index in [2.05, 4.69) is 6.92 Å². The molecule has 0 aromatic carbocycles. The van der Waals surface area contributed by atoms with Gasteiger partial charge >= 0.3 is 0 Å². The second-order valence-electron chi connectivity index (χ2n) is 6.37. The van der Waals surface area contributed by atoms with Gasteiger partial charge < -0.3 is 10.6 Å². The first kappa shape index (κ1) is 14.5. The average molecular weight is 240 g/mol. The minimum absolute atomic E-state index is 0.134. The molecule has 1 aliphatic heterocycles. The van der Waals surface area contributed by atoms with E-state index < -0.39 is 0 Å². The van der Waals surface area contributed by atoms with Crippen molar-refractivity contribution in [1.82, 2.24) is 4.90 Å². The molecule has 3 nitrogen and oxygen atoms in total. The summed E-state index contributed by atoms with van der Waals surface area (Å²) in [6.07, 6.45) is 4.75. The minimum atomic E-state index is -0.374. The lowest BCUT2D eigenvalue weighted by Crippen LogP contribution is -2.50. The van der Waals surface area contributed by atoms with Crippen molar-refractivity contribution in [3.63, 3.8) is 0 Å². The van der Waals surface area contributed by atoms with Crippen molar-refractivity contribution < 1.29 is 4.79 Å². The van der Waals surface area contributed by atoms with Gasteiger partial charge in [0.1, 0.15) is 0 Å². The number of carbonyl (C=O) groups excluding carboxylic acids is 1. The zero-order chi connectivity index (χ0) is 13.1. The summed E-state index contributed by atoms with van der Waals surface area (Å²) >= 11 is 0. The molecule has 1 heterocycles. The molecule has 1 fully saturated rings. The normalized spacial score (nSPS) is 24.3. The Kier molecular flexibility index (Phi) is 4.99. The van der Waals surface area contributed by atoms with Crippen molar-refractivity contribution in [3.8, 4) is 0 Å². The lowest BCUT2D eigenvalue weighted by Gasteiger charge is -2.31. The van der Waals surface area contributed by atoms with Gasteiger partial charge in [-0.2, -0.15) is 0 Å². The Bertz CT molecular complexity index is 257. The van der Waals surface area contributed by atoms with Gasteiger partial charge in [0.2, 0.25) is 5.91 Å². The van der Waals surface area contributed by atoms with Crippen molar-refractivity contribution >= 4 is 5.91 Å². The fourth-order valence-corrected chi connectivity index (χ4v) is 2.36. The molecule has 0 saturated carbocycles. The topological polar surface area (TPSA) is 46.3 Å². The highest BCUT2D eigenvalue weighted by molar-refractivity contribution is 5.82. The maximum absolute atomic E-state index is 12.3. The highest BCUT2D eigenvalue weighted by atomic mass is 16.2. The number of nitrogens with two attached hydrogens (primary N) is 1. The number of hydrogen-bond donors (Lipinski definition) is 1. The van der Waals surface area contributed by atoms with Crippen LogP contribution in [0.4, 0.5) is 0 Å². The quantitative estimate of drug-likeness (QED) is 0.805. The Morgan fingerprint density at radius 1 is 1.35 bits per heavy atom. The highest BCUT2D eigenvalue weighted by Gasteiger charge is 2.31. The molecule has 1 rings (SSSR count). The van der Waals surface area contributed by atoms with E-state index >= 15 is 0 Å². The summed E-state index contributed by atoms with van der Waals surface area (Å²) in [5, 5.41) is 0. The van der Waals surface area contributed by atoms with E-state index in [4.69, 9.17) is 5.73 Å². The summed E-state index contributed by atoms with van der Waals surface area (Å²) in [5.74, 6) is 0.924. The largest absolute Gasteiger partial charge is 0.341 e. The fourth-order valence-electron chi connectivity index (χ4n) is 2.36. The van der Waals surface area contributed by atoms with E-state index in [1.807, 2.05) is 25.7 Å². The zero-order valence-electron chi connectivity index (χ0n) is 11.8. The molecule has 0 bridgehead atoms. The molecular weight excluding hydrogens is 212 g/mol. The highest BCUT2D eigenvalue weighted by Crippen LogP contribution is 2.23. The third kappa shape index (κ3) is 3.98. The van der Waals surface area contributed by atoms with Crippen LogP contribution in [-0.2, 0) is 4.79 Å². The van der Waals surface area contributed by atoms with Crippen LogP contribution in [0.15, 0.2) is 0 Å². The summed E-state index contributed by atoms with van der Waals surface area (Å²) in [6.45, 7) is 10.1. The molecule has 100 valence electrons. The first-order valence-electron chi connectivity index (χ1n) is 6.90. The molecule has 2 atom stereocenters. The summed E-state index contributed by atoms with van der Waals surface area (Å²) in [5.41, 5.74) is 5.91. The van der Waals surface area contributed by atoms with Crippen LogP contribution >= 0.6 is 0 Å². The Morgan fingerprint density at radius 2 is 2.00 bits per heavy atom. The van der Waals surface area contributed by atoms with Gasteiger partial charge in [-0.15, -0.1) is 0 Å². The van der Waals surface area contributed by atoms with Crippen LogP contribution in [0.1, 0.15) is 53.4 Å². The second kappa shape index (κ2) is 5.85. The molecule has 0 aromatic rings. The SMILES string of the molecule is CCC1CCCN(C(=O)[C@H](N)C(C)(C)C)CC1. The maximum atomic E-state index is 12.3. The number of nitrogens with zero attached hydrogens (tertiary/aromatic N) is 1. The van der Waals surface area contributed by atoms with E-state index in [0.29, 0.717) is 0 Å². The van der Waals surface area contributed by atoms with E-state index in [0.717, 1.165) is 31.8 Å². The monoisotopic (exact) mass is 240 g/mol. The summed E-state index contributed by atoms with van der Waals surface area (Å²) in [4.78, 5) is 14.3. The molecular formula is C14H28N2O. The van der Waals surface area contributed by atoms with Crippen LogP contribution in [0, 0.1) is 11.3 Å². The number of likely N-dealkylation sites (tertiary alicyclic amines) is 1. The van der Waals surface area contributed by atoms with Gasteiger partial charge in [-0.05, 0) is 30.6 Å². The van der Waals surface area contributed by atoms with E-state index in [9.17, 15) is 4.79 Å². The lowest BCUT2D eigenvalue weighted by atomic mass is 9.86. The number of rotatable bonds is 2. The van der Waals surface area contributed by atoms with Crippen molar-refractivity contribution in [2.24, 2.45) is 17.1 Å². The van der Waals surface area contributed by atoms with Crippen molar-refractivity contribution in [2.75, 3.05) is 13.1 Å². The maximum Gasteiger partial charge on any atom is 0.240 e. The Morgan fingerprint density at radius 3 is 2.53 bits per heavy atom. The smallest absolute Gasteiger partial charge is 0.240 e. The van der Waals surface area contributed by atoms with Crippen LogP contribution in [-0.4, -0.2) is 29.9 Å². The Labute approximate surface area is 106 Å². The van der Waals surface area contributed by atoms with E-state index in [-0.39, 0.29) is 17.4 Å². The number of carbonyl (C=O) groups is 1. The number of hydrogen-bond acceptors (Lipinski definition) is 2. The molecule has 1 amide bonds. The van der Waals surface area contributed by atoms with Crippen LogP contribution in [0.2, 0.25) is 0 Å². The van der Waals surface area contributed by atoms with Gasteiger partial charge in [0, 0.05) is 13.1 Å². The van der Waals surface area contributed by atoms with Crippen LogP contribution in [0.25, 0.3) is 0 Å². The first-order chi connectivity index (χ1) is 7.86. The zero-order valence-corrected chi connectivity index (χ0v) is 11.8. The van der Waals surface area contributed by atoms with Gasteiger partial charge in [-0.3, -0.25) is 4.79 Å². The lowest BCUT2D eigenvalue weighted by molar-refractivity contribution is -0.134. The molecule has 0 aromatic heterocycles. The first-order valence-corrected chi connectivity index (χ1v) is 6.90. The molecule has 17 heavy (non-hydrogen) atoms. The van der Waals surface area contributed by atoms with Crippen molar-refractivity contribution in [3.05, 3.63) is 0 Å². The van der Waals surface area contributed by atoms with Crippen molar-refractivity contribution in [1.29, 1.82) is 0 Å². The second-order valence-corrected chi connectivity index (χ2v) is 6.37. The van der Waals surface area contributed by atoms with Gasteiger partial charge in [-0.1, -0.05) is 34.1 Å². The molecule has 3 heteroatoms. The Hall–Kier alpha value is -0.570. The van der Waals surface area contributed by atoms with Gasteiger partial charge in [0.15, 0.2) is 0 Å². The number of amides is 1. The third-order valence-electron chi connectivity index (χ3n) is 3.94. The van der Waals surface area contributed by atoms with Crippen LogP contribution in [0.5, 0.6) is 0 Å². The predicted molar refractivity (Wildman–Crippen MR) is 71.6 cm³/mol. The van der Waals surface area contributed by atoms with Gasteiger partial charge in [-0.25, -0.2) is 0 Å². The third-order valence-corrected chi connectivity index (χ3v) is 3.94. The van der Waals surface area contributed by atoms with Gasteiger partial charge in [0.05, 0.1) is 6.04 Å². The van der Waals surface area contributed by atoms with Crippen molar-refractivity contribution in [2.45, 2.75) is 59.4 Å². The molecule has 0 radical (unpaired) electrons. The standard InChI is InChI=1S/C14H28N2O/c1-5-11-7-6-9-16(10-8-11)13(17)12(15)14(2,3)4/h11-12H,5-10,15H2,1-4H3/t11?,12-/m0/s1. The Balaban J connectivity index is 2.58. The van der Waals surface area contributed by atoms with E-state index in [1.54, 1.807) is 0 Å².